The molecule has 7 rings (SSSR count). The second kappa shape index (κ2) is 7.55. The summed E-state index contributed by atoms with van der Waals surface area (Å²) in [5, 5.41) is 0. The number of benzene rings is 3. The molecule has 0 radical (unpaired) electrons. The van der Waals surface area contributed by atoms with Gasteiger partial charge in [0.25, 0.3) is 0 Å². The van der Waals surface area contributed by atoms with Crippen LogP contribution >= 0.6 is 0 Å². The summed E-state index contributed by atoms with van der Waals surface area (Å²) in [6.45, 7) is 2.06. The molecule has 0 unspecified atom stereocenters. The van der Waals surface area contributed by atoms with Crippen LogP contribution in [0.2, 0.25) is 0 Å². The molecule has 4 atom stereocenters. The van der Waals surface area contributed by atoms with Crippen LogP contribution in [0.3, 0.4) is 0 Å². The molecule has 0 bridgehead atoms. The second-order valence-corrected chi connectivity index (χ2v) is 9.56. The lowest BCUT2D eigenvalue weighted by molar-refractivity contribution is -0.142. The molecular formula is C29H21NO6. The van der Waals surface area contributed by atoms with E-state index in [0.717, 1.165) is 22.3 Å². The summed E-state index contributed by atoms with van der Waals surface area (Å²) in [6.07, 6.45) is 1.97. The van der Waals surface area contributed by atoms with E-state index < -0.39 is 29.6 Å². The highest BCUT2D eigenvalue weighted by Gasteiger charge is 2.60. The van der Waals surface area contributed by atoms with E-state index in [-0.39, 0.29) is 18.6 Å². The number of hydrogen-bond acceptors (Lipinski definition) is 6. The Morgan fingerprint density at radius 1 is 0.806 bits per heavy atom. The van der Waals surface area contributed by atoms with Gasteiger partial charge in [0.1, 0.15) is 5.75 Å². The largest absolute Gasteiger partial charge is 0.454 e. The number of aryl methyl sites for hydroxylation is 1. The molecule has 1 fully saturated rings. The zero-order valence-corrected chi connectivity index (χ0v) is 19.3. The standard InChI is InChI=1S/C29H21NO6/c1-15-7-9-18-20-13-19(16-8-10-21-23(12-16)35-14-34-21)24-26(25(20)29(33)36-22(18)11-15)28(32)30(27(24)31)17-5-3-2-4-6-17/h2-13,19,24-26H,14H2,1H3/t19-,24-,25-,26-/m1/s1. The molecule has 3 aromatic rings. The number of imide groups is 1. The number of carbonyl (C=O) groups excluding carboxylic acids is 3. The minimum absolute atomic E-state index is 0.135. The highest BCUT2D eigenvalue weighted by Crippen LogP contribution is 2.55. The van der Waals surface area contributed by atoms with Crippen LogP contribution in [0.1, 0.15) is 22.6 Å². The summed E-state index contributed by atoms with van der Waals surface area (Å²) in [4.78, 5) is 42.4. The van der Waals surface area contributed by atoms with E-state index in [9.17, 15) is 14.4 Å². The van der Waals surface area contributed by atoms with E-state index in [1.54, 1.807) is 24.3 Å². The van der Waals surface area contributed by atoms with Crippen molar-refractivity contribution in [1.29, 1.82) is 0 Å². The Morgan fingerprint density at radius 3 is 2.42 bits per heavy atom. The number of nitrogens with zero attached hydrogens (tertiary/aromatic N) is 1. The number of rotatable bonds is 2. The average molecular weight is 479 g/mol. The molecule has 178 valence electrons. The molecule has 3 heterocycles. The summed E-state index contributed by atoms with van der Waals surface area (Å²) in [5.41, 5.74) is 3.77. The molecule has 4 aliphatic rings. The lowest BCUT2D eigenvalue weighted by Gasteiger charge is -2.38. The molecule has 36 heavy (non-hydrogen) atoms. The van der Waals surface area contributed by atoms with E-state index in [1.807, 2.05) is 55.5 Å². The molecule has 0 saturated carbocycles. The molecule has 1 saturated heterocycles. The number of ether oxygens (including phenoxy) is 3. The molecule has 0 spiro atoms. The van der Waals surface area contributed by atoms with Gasteiger partial charge in [0.15, 0.2) is 11.5 Å². The van der Waals surface area contributed by atoms with Gasteiger partial charge in [-0.15, -0.1) is 0 Å². The van der Waals surface area contributed by atoms with Gasteiger partial charge in [-0.1, -0.05) is 42.5 Å². The number of anilines is 1. The monoisotopic (exact) mass is 479 g/mol. The third-order valence-corrected chi connectivity index (χ3v) is 7.55. The molecule has 7 nitrogen and oxygen atoms in total. The molecule has 1 aliphatic carbocycles. The van der Waals surface area contributed by atoms with Crippen LogP contribution in [0.15, 0.2) is 72.8 Å². The predicted octanol–water partition coefficient (Wildman–Crippen LogP) is 4.25. The molecule has 0 aromatic heterocycles. The van der Waals surface area contributed by atoms with Crippen LogP contribution in [0.4, 0.5) is 5.69 Å². The summed E-state index contributed by atoms with van der Waals surface area (Å²) in [5.74, 6) is -2.44. The Bertz CT molecular complexity index is 1490. The lowest BCUT2D eigenvalue weighted by atomic mass is 9.64. The van der Waals surface area contributed by atoms with Crippen LogP contribution in [-0.2, 0) is 14.4 Å². The first-order valence-corrected chi connectivity index (χ1v) is 11.9. The van der Waals surface area contributed by atoms with Crippen molar-refractivity contribution in [2.75, 3.05) is 11.7 Å². The van der Waals surface area contributed by atoms with Crippen LogP contribution in [-0.4, -0.2) is 24.6 Å². The molecule has 3 aliphatic heterocycles. The fourth-order valence-corrected chi connectivity index (χ4v) is 5.95. The van der Waals surface area contributed by atoms with Crippen molar-refractivity contribution >= 4 is 29.0 Å². The van der Waals surface area contributed by atoms with E-state index in [4.69, 9.17) is 14.2 Å². The Morgan fingerprint density at radius 2 is 1.58 bits per heavy atom. The number of allylic oxidation sites excluding steroid dienone is 1. The zero-order chi connectivity index (χ0) is 24.6. The number of esters is 1. The molecule has 7 heteroatoms. The SMILES string of the molecule is Cc1ccc2c(c1)OC(=O)[C@@H]1C2=C[C@H](c2ccc3c(c2)OCO3)[C@H]2C(=O)N(c3ccccc3)C(=O)[C@@H]12. The van der Waals surface area contributed by atoms with Gasteiger partial charge in [-0.3, -0.25) is 14.4 Å². The van der Waals surface area contributed by atoms with Crippen LogP contribution in [0.5, 0.6) is 17.2 Å². The zero-order valence-electron chi connectivity index (χ0n) is 19.3. The molecule has 3 aromatic carbocycles. The Balaban J connectivity index is 1.43. The first-order valence-electron chi connectivity index (χ1n) is 11.9. The van der Waals surface area contributed by atoms with Crippen LogP contribution in [0.25, 0.3) is 5.57 Å². The van der Waals surface area contributed by atoms with Gasteiger partial charge >= 0.3 is 5.97 Å². The Labute approximate surface area is 206 Å². The van der Waals surface area contributed by atoms with Crippen molar-refractivity contribution in [3.8, 4) is 17.2 Å². The highest BCUT2D eigenvalue weighted by molar-refractivity contribution is 6.24. The topological polar surface area (TPSA) is 82.1 Å². The predicted molar refractivity (Wildman–Crippen MR) is 130 cm³/mol. The van der Waals surface area contributed by atoms with Crippen molar-refractivity contribution in [3.63, 3.8) is 0 Å². The average Bonchev–Trinajstić information content (AvgIpc) is 3.45. The summed E-state index contributed by atoms with van der Waals surface area (Å²) in [7, 11) is 0. The van der Waals surface area contributed by atoms with Crippen molar-refractivity contribution in [2.24, 2.45) is 17.8 Å². The second-order valence-electron chi connectivity index (χ2n) is 9.56. The highest BCUT2D eigenvalue weighted by atomic mass is 16.7. The van der Waals surface area contributed by atoms with Crippen LogP contribution in [0, 0.1) is 24.7 Å². The maximum absolute atomic E-state index is 13.9. The Hall–Kier alpha value is -4.39. The fraction of sp³-hybridized carbons (Fsp3) is 0.207. The summed E-state index contributed by atoms with van der Waals surface area (Å²) >= 11 is 0. The smallest absolute Gasteiger partial charge is 0.319 e. The number of hydrogen-bond donors (Lipinski definition) is 0. The number of carbonyl (C=O) groups is 3. The van der Waals surface area contributed by atoms with Crippen molar-refractivity contribution in [1.82, 2.24) is 0 Å². The first kappa shape index (κ1) is 20.9. The van der Waals surface area contributed by atoms with Gasteiger partial charge in [0, 0.05) is 11.5 Å². The van der Waals surface area contributed by atoms with Gasteiger partial charge < -0.3 is 14.2 Å². The third kappa shape index (κ3) is 2.89. The number of fused-ring (bicyclic) bond motifs is 6. The van der Waals surface area contributed by atoms with Gasteiger partial charge in [-0.2, -0.15) is 0 Å². The quantitative estimate of drug-likeness (QED) is 0.311. The van der Waals surface area contributed by atoms with Crippen molar-refractivity contribution < 1.29 is 28.6 Å². The minimum Gasteiger partial charge on any atom is -0.454 e. The third-order valence-electron chi connectivity index (χ3n) is 7.55. The fourth-order valence-electron chi connectivity index (χ4n) is 5.95. The van der Waals surface area contributed by atoms with Crippen LogP contribution < -0.4 is 19.1 Å². The van der Waals surface area contributed by atoms with Gasteiger partial charge in [0.2, 0.25) is 18.6 Å². The molecule has 2 amide bonds. The van der Waals surface area contributed by atoms with Crippen molar-refractivity contribution in [3.05, 3.63) is 89.5 Å². The van der Waals surface area contributed by atoms with Gasteiger partial charge in [-0.25, -0.2) is 4.90 Å². The minimum atomic E-state index is -0.880. The van der Waals surface area contributed by atoms with E-state index in [0.29, 0.717) is 22.9 Å². The van der Waals surface area contributed by atoms with Crippen molar-refractivity contribution in [2.45, 2.75) is 12.8 Å². The van der Waals surface area contributed by atoms with E-state index in [2.05, 4.69) is 0 Å². The summed E-state index contributed by atoms with van der Waals surface area (Å²) in [6, 6.07) is 20.1. The Kier molecular flexibility index (Phi) is 4.39. The first-order chi connectivity index (χ1) is 17.5. The number of amides is 2. The normalized spacial score (nSPS) is 25.6. The van der Waals surface area contributed by atoms with E-state index >= 15 is 0 Å². The van der Waals surface area contributed by atoms with Gasteiger partial charge in [0.05, 0.1) is 23.4 Å². The molecule has 0 N–H and O–H groups in total. The van der Waals surface area contributed by atoms with Gasteiger partial charge in [-0.05, 0) is 54.0 Å². The maximum Gasteiger partial charge on any atom is 0.319 e. The summed E-state index contributed by atoms with van der Waals surface area (Å²) < 4.78 is 16.8. The van der Waals surface area contributed by atoms with E-state index in [1.165, 1.54) is 4.90 Å². The molecular weight excluding hydrogens is 458 g/mol. The number of para-hydroxylation sites is 1. The maximum atomic E-state index is 13.9. The lowest BCUT2D eigenvalue weighted by Crippen LogP contribution is -2.42.